The molecule has 1 aromatic carbocycles. The Morgan fingerprint density at radius 3 is 2.83 bits per heavy atom. The average Bonchev–Trinajstić information content (AvgIpc) is 3.37. The smallest absolute Gasteiger partial charge is 0.535 e. The lowest BCUT2D eigenvalue weighted by atomic mass is 9.77. The van der Waals surface area contributed by atoms with Crippen LogP contribution in [-0.2, 0) is 11.2 Å². The molecule has 0 bridgehead atoms. The number of halogens is 1. The van der Waals surface area contributed by atoms with Crippen LogP contribution in [0.25, 0.3) is 5.69 Å². The maximum Gasteiger partial charge on any atom is 0.536 e. The van der Waals surface area contributed by atoms with E-state index in [0.717, 1.165) is 6.42 Å². The number of carbonyl (C=O) groups is 2. The summed E-state index contributed by atoms with van der Waals surface area (Å²) in [6.45, 7) is 1.21. The van der Waals surface area contributed by atoms with E-state index in [1.165, 1.54) is 28.8 Å². The third-order valence-electron chi connectivity index (χ3n) is 5.08. The van der Waals surface area contributed by atoms with Crippen LogP contribution in [0.4, 0.5) is 0 Å². The summed E-state index contributed by atoms with van der Waals surface area (Å²) in [7, 11) is -1.23. The lowest BCUT2D eigenvalue weighted by Gasteiger charge is -2.29. The maximum absolute atomic E-state index is 12.3. The second-order valence-electron chi connectivity index (χ2n) is 7.05. The number of nitrogens with two attached hydrogens (primary N) is 1. The summed E-state index contributed by atoms with van der Waals surface area (Å²) >= 11 is 1.30. The fourth-order valence-electron chi connectivity index (χ4n) is 3.58. The van der Waals surface area contributed by atoms with Crippen molar-refractivity contribution in [2.75, 3.05) is 18.8 Å². The van der Waals surface area contributed by atoms with E-state index >= 15 is 0 Å². The van der Waals surface area contributed by atoms with Crippen LogP contribution in [0.2, 0.25) is 0 Å². The van der Waals surface area contributed by atoms with Gasteiger partial charge in [0.05, 0.1) is 29.0 Å². The first-order valence-electron chi connectivity index (χ1n) is 9.19. The van der Waals surface area contributed by atoms with Gasteiger partial charge < -0.3 is 25.4 Å². The summed E-state index contributed by atoms with van der Waals surface area (Å²) in [6.07, 6.45) is 4.15. The number of carbonyl (C=O) groups excluding carboxylic acids is 1. The molecule has 0 radical (unpaired) electrons. The number of likely N-dealkylation sites (tertiary alicyclic amines) is 1. The predicted molar refractivity (Wildman–Crippen MR) is 113 cm³/mol. The zero-order valence-electron chi connectivity index (χ0n) is 15.9. The minimum absolute atomic E-state index is 0. The highest BCUT2D eigenvalue weighted by Crippen LogP contribution is 2.37. The van der Waals surface area contributed by atoms with Crippen molar-refractivity contribution in [2.24, 2.45) is 5.73 Å². The number of nitrogens with zero attached hydrogens (tertiary/aromatic N) is 4. The van der Waals surface area contributed by atoms with Gasteiger partial charge in [-0.05, 0) is 24.5 Å². The maximum atomic E-state index is 12.3. The monoisotopic (exact) mass is 453 g/mol. The quantitative estimate of drug-likeness (QED) is 0.533. The lowest BCUT2D eigenvalue weighted by Crippen LogP contribution is -2.42. The Bertz CT molecular complexity index is 934. The summed E-state index contributed by atoms with van der Waals surface area (Å²) in [4.78, 5) is 25.9. The van der Waals surface area contributed by atoms with Crippen LogP contribution in [0.3, 0.4) is 0 Å². The number of hydrogen-bond donors (Lipinski definition) is 3. The van der Waals surface area contributed by atoms with E-state index < -0.39 is 13.1 Å². The normalized spacial score (nSPS) is 20.3. The molecular formula is C17H21BClN5O5S. The van der Waals surface area contributed by atoms with Gasteiger partial charge in [-0.15, -0.1) is 29.3 Å². The van der Waals surface area contributed by atoms with Crippen molar-refractivity contribution < 1.29 is 24.4 Å². The molecule has 2 aliphatic heterocycles. The third-order valence-corrected chi connectivity index (χ3v) is 6.32. The van der Waals surface area contributed by atoms with E-state index in [-0.39, 0.29) is 46.6 Å². The Labute approximate surface area is 183 Å². The van der Waals surface area contributed by atoms with Crippen molar-refractivity contribution in [1.29, 1.82) is 0 Å². The van der Waals surface area contributed by atoms with Crippen LogP contribution in [0.1, 0.15) is 22.3 Å². The Morgan fingerprint density at radius 2 is 2.20 bits per heavy atom. The van der Waals surface area contributed by atoms with Gasteiger partial charge in [0.15, 0.2) is 0 Å². The molecule has 1 saturated heterocycles. The van der Waals surface area contributed by atoms with E-state index in [2.05, 4.69) is 10.3 Å². The second kappa shape index (κ2) is 9.25. The summed E-state index contributed by atoms with van der Waals surface area (Å²) in [5.74, 6) is -0.887. The van der Waals surface area contributed by atoms with Gasteiger partial charge in [0, 0.05) is 19.1 Å². The van der Waals surface area contributed by atoms with E-state index in [9.17, 15) is 19.7 Å². The first kappa shape index (κ1) is 22.4. The van der Waals surface area contributed by atoms with Crippen molar-refractivity contribution in [3.05, 3.63) is 35.7 Å². The van der Waals surface area contributed by atoms with Gasteiger partial charge in [0.2, 0.25) is 5.91 Å². The van der Waals surface area contributed by atoms with Gasteiger partial charge in [-0.2, -0.15) is 0 Å². The number of rotatable bonds is 5. The number of thioether (sulfide) groups is 1. The van der Waals surface area contributed by atoms with E-state index in [0.29, 0.717) is 30.8 Å². The molecule has 2 aliphatic rings. The Kier molecular flexibility index (Phi) is 6.91. The number of aromatic carboxylic acids is 1. The van der Waals surface area contributed by atoms with Gasteiger partial charge in [0.1, 0.15) is 11.3 Å². The summed E-state index contributed by atoms with van der Waals surface area (Å²) < 4.78 is 6.93. The zero-order chi connectivity index (χ0) is 20.5. The molecular weight excluding hydrogens is 433 g/mol. The molecule has 4 N–H and O–H groups in total. The van der Waals surface area contributed by atoms with Gasteiger partial charge in [-0.3, -0.25) is 4.79 Å². The summed E-state index contributed by atoms with van der Waals surface area (Å²) in [5.41, 5.74) is 6.71. The summed E-state index contributed by atoms with van der Waals surface area (Å²) in [6, 6.07) is 3.41. The number of fused-ring (bicyclic) bond motifs is 1. The van der Waals surface area contributed by atoms with Crippen LogP contribution in [-0.4, -0.2) is 79.1 Å². The van der Waals surface area contributed by atoms with Crippen molar-refractivity contribution in [2.45, 2.75) is 24.0 Å². The fraction of sp³-hybridized carbons (Fsp3) is 0.412. The summed E-state index contributed by atoms with van der Waals surface area (Å²) in [5, 5.41) is 27.3. The molecule has 1 unspecified atom stereocenters. The van der Waals surface area contributed by atoms with E-state index in [4.69, 9.17) is 10.4 Å². The fourth-order valence-corrected chi connectivity index (χ4v) is 4.64. The van der Waals surface area contributed by atoms with Crippen molar-refractivity contribution in [3.63, 3.8) is 0 Å². The van der Waals surface area contributed by atoms with Crippen LogP contribution < -0.4 is 10.4 Å². The first-order valence-corrected chi connectivity index (χ1v) is 10.2. The molecule has 13 heteroatoms. The van der Waals surface area contributed by atoms with Gasteiger partial charge in [-0.1, -0.05) is 11.3 Å². The number of aromatic nitrogens is 3. The molecule has 0 saturated carbocycles. The number of benzene rings is 1. The van der Waals surface area contributed by atoms with Gasteiger partial charge in [-0.25, -0.2) is 9.48 Å². The van der Waals surface area contributed by atoms with Crippen LogP contribution in [0.5, 0.6) is 5.75 Å². The molecule has 1 amide bonds. The Morgan fingerprint density at radius 1 is 1.40 bits per heavy atom. The standard InChI is InChI=1S/C17H20BN5O5S.ClH/c19-11-3-5-22(8-11)14(24)9-29-13-7-10-1-2-12(23-6-4-20-21-23)15(17(25)26)16(10)28-18(13)27;/h1-2,4,6,11,13,27H,3,5,7-9,19H2,(H,25,26);1H/t11?,13-;/m0./s1. The largest absolute Gasteiger partial charge is 0.536 e. The molecule has 2 atom stereocenters. The average molecular weight is 454 g/mol. The lowest BCUT2D eigenvalue weighted by molar-refractivity contribution is -0.127. The molecule has 4 rings (SSSR count). The second-order valence-corrected chi connectivity index (χ2v) is 8.28. The molecule has 1 fully saturated rings. The van der Waals surface area contributed by atoms with E-state index in [1.54, 1.807) is 17.0 Å². The molecule has 3 heterocycles. The number of carboxylic acid groups (broad SMARTS) is 1. The number of hydrogen-bond acceptors (Lipinski definition) is 8. The van der Waals surface area contributed by atoms with E-state index in [1.807, 2.05) is 0 Å². The Balaban J connectivity index is 0.00000256. The molecule has 0 aliphatic carbocycles. The molecule has 30 heavy (non-hydrogen) atoms. The third kappa shape index (κ3) is 4.41. The number of amides is 1. The highest BCUT2D eigenvalue weighted by atomic mass is 35.5. The molecule has 1 aromatic heterocycles. The molecule has 160 valence electrons. The minimum Gasteiger partial charge on any atom is -0.535 e. The molecule has 10 nitrogen and oxygen atoms in total. The molecule has 0 spiro atoms. The van der Waals surface area contributed by atoms with Crippen LogP contribution in [0, 0.1) is 0 Å². The highest BCUT2D eigenvalue weighted by Gasteiger charge is 2.39. The topological polar surface area (TPSA) is 144 Å². The molecule has 2 aromatic rings. The first-order chi connectivity index (χ1) is 13.9. The number of carboxylic acids is 1. The van der Waals surface area contributed by atoms with Crippen LogP contribution >= 0.6 is 24.2 Å². The van der Waals surface area contributed by atoms with Crippen molar-refractivity contribution >= 4 is 43.2 Å². The van der Waals surface area contributed by atoms with Gasteiger partial charge in [0.25, 0.3) is 0 Å². The highest BCUT2D eigenvalue weighted by molar-refractivity contribution is 8.01. The minimum atomic E-state index is -1.23. The SMILES string of the molecule is Cl.NC1CCN(C(=O)CS[C@H]2Cc3ccc(-n4ccnn4)c(C(=O)O)c3OB2O)C1. The Hall–Kier alpha value is -2.28. The predicted octanol–water partition coefficient (Wildman–Crippen LogP) is 0.00330. The van der Waals surface area contributed by atoms with Gasteiger partial charge >= 0.3 is 13.1 Å². The van der Waals surface area contributed by atoms with Crippen LogP contribution in [0.15, 0.2) is 24.5 Å². The van der Waals surface area contributed by atoms with Crippen molar-refractivity contribution in [3.8, 4) is 11.4 Å². The van der Waals surface area contributed by atoms with Crippen molar-refractivity contribution in [1.82, 2.24) is 19.9 Å². The zero-order valence-corrected chi connectivity index (χ0v) is 17.5.